The number of hydrogen-bond acceptors (Lipinski definition) is 3. The highest BCUT2D eigenvalue weighted by molar-refractivity contribution is 6.82. The molecule has 0 aliphatic heterocycles. The van der Waals surface area contributed by atoms with Crippen molar-refractivity contribution in [2.75, 3.05) is 12.4 Å². The van der Waals surface area contributed by atoms with E-state index in [1.54, 1.807) is 7.11 Å². The first-order valence-electron chi connectivity index (χ1n) is 15.1. The molecule has 0 atom stereocenters. The first-order chi connectivity index (χ1) is 20.2. The van der Waals surface area contributed by atoms with Gasteiger partial charge in [0.2, 0.25) is 0 Å². The predicted octanol–water partition coefficient (Wildman–Crippen LogP) is 10.7. The molecule has 218 valence electrons. The number of hydrogen-bond donors (Lipinski definition) is 1. The molecule has 0 aliphatic rings. The van der Waals surface area contributed by atoms with Crippen molar-refractivity contribution in [3.05, 3.63) is 109 Å². The van der Waals surface area contributed by atoms with E-state index < -0.39 is 8.24 Å². The van der Waals surface area contributed by atoms with Crippen molar-refractivity contribution >= 4 is 30.5 Å². The van der Waals surface area contributed by atoms with Crippen LogP contribution in [0.4, 0.5) is 11.4 Å². The second-order valence-electron chi connectivity index (χ2n) is 12.1. The van der Waals surface area contributed by atoms with Crippen LogP contribution in [0.3, 0.4) is 0 Å². The van der Waals surface area contributed by atoms with Crippen LogP contribution in [0.1, 0.15) is 47.1 Å². The van der Waals surface area contributed by atoms with Crippen LogP contribution >= 0.6 is 0 Å². The van der Waals surface area contributed by atoms with E-state index >= 15 is 0 Å². The summed E-state index contributed by atoms with van der Waals surface area (Å²) in [5.41, 5.74) is 8.67. The third-order valence-corrected chi connectivity index (χ3v) is 15.5. The van der Waals surface area contributed by atoms with Crippen LogP contribution in [0, 0.1) is 0 Å². The number of aromatic nitrogens is 1. The Labute approximate surface area is 252 Å². The minimum Gasteiger partial charge on any atom is -0.497 e. The number of anilines is 2. The Bertz CT molecular complexity index is 1600. The second kappa shape index (κ2) is 12.5. The van der Waals surface area contributed by atoms with E-state index in [1.165, 1.54) is 16.5 Å². The lowest BCUT2D eigenvalue weighted by molar-refractivity contribution is 0.306. The van der Waals surface area contributed by atoms with Gasteiger partial charge in [0, 0.05) is 28.3 Å². The van der Waals surface area contributed by atoms with E-state index in [0.717, 1.165) is 34.0 Å². The summed E-state index contributed by atoms with van der Waals surface area (Å²) >= 11 is 0. The molecule has 5 heteroatoms. The van der Waals surface area contributed by atoms with Crippen LogP contribution < -0.4 is 14.8 Å². The van der Waals surface area contributed by atoms with E-state index in [9.17, 15) is 0 Å². The number of benzene rings is 4. The Kier molecular flexibility index (Phi) is 8.79. The summed E-state index contributed by atoms with van der Waals surface area (Å²) in [6.45, 7) is 15.0. The van der Waals surface area contributed by atoms with Crippen molar-refractivity contribution < 1.29 is 9.47 Å². The molecule has 0 fully saturated rings. The fourth-order valence-corrected chi connectivity index (χ4v) is 13.7. The molecule has 1 aromatic heterocycles. The van der Waals surface area contributed by atoms with Crippen LogP contribution in [0.2, 0.25) is 16.6 Å². The number of fused-ring (bicyclic) bond motifs is 1. The van der Waals surface area contributed by atoms with Gasteiger partial charge in [0.05, 0.1) is 7.11 Å². The molecular weight excluding hydrogens is 533 g/mol. The summed E-state index contributed by atoms with van der Waals surface area (Å²) in [4.78, 5) is 0. The highest BCUT2D eigenvalue weighted by atomic mass is 28.3. The van der Waals surface area contributed by atoms with Gasteiger partial charge in [-0.2, -0.15) is 0 Å². The summed E-state index contributed by atoms with van der Waals surface area (Å²) in [6, 6.07) is 33.9. The minimum absolute atomic E-state index is 0.476. The molecule has 42 heavy (non-hydrogen) atoms. The quantitative estimate of drug-likeness (QED) is 0.159. The number of nitrogens with one attached hydrogen (secondary N) is 1. The number of nitrogens with zero attached hydrogens (tertiary/aromatic N) is 1. The first-order valence-corrected chi connectivity index (χ1v) is 17.3. The maximum absolute atomic E-state index is 6.39. The lowest BCUT2D eigenvalue weighted by Crippen LogP contribution is -2.51. The highest BCUT2D eigenvalue weighted by Crippen LogP contribution is 2.45. The van der Waals surface area contributed by atoms with Crippen molar-refractivity contribution in [3.8, 4) is 22.6 Å². The van der Waals surface area contributed by atoms with Crippen LogP contribution in [0.25, 0.3) is 22.0 Å². The molecule has 1 N–H and O–H groups in total. The molecule has 5 aromatic rings. The lowest BCUT2D eigenvalue weighted by atomic mass is 10.0. The summed E-state index contributed by atoms with van der Waals surface area (Å²) in [7, 11) is -0.215. The van der Waals surface area contributed by atoms with Crippen LogP contribution in [0.5, 0.6) is 11.5 Å². The van der Waals surface area contributed by atoms with E-state index in [1.807, 2.05) is 42.5 Å². The summed E-state index contributed by atoms with van der Waals surface area (Å²) in [6.07, 6.45) is 2.37. The molecule has 0 saturated heterocycles. The van der Waals surface area contributed by atoms with E-state index in [0.29, 0.717) is 23.2 Å². The normalized spacial score (nSPS) is 12.0. The largest absolute Gasteiger partial charge is 0.497 e. The molecule has 4 aromatic carbocycles. The van der Waals surface area contributed by atoms with E-state index in [-0.39, 0.29) is 0 Å². The molecule has 0 amide bonds. The first kappa shape index (κ1) is 29.5. The molecule has 0 radical (unpaired) electrons. The lowest BCUT2D eigenvalue weighted by Gasteiger charge is -2.44. The van der Waals surface area contributed by atoms with Gasteiger partial charge in [-0.3, -0.25) is 0 Å². The van der Waals surface area contributed by atoms with Gasteiger partial charge in [-0.1, -0.05) is 84.0 Å². The van der Waals surface area contributed by atoms with Gasteiger partial charge in [0.25, 0.3) is 0 Å². The van der Waals surface area contributed by atoms with Crippen molar-refractivity contribution in [1.82, 2.24) is 4.23 Å². The third-order valence-electron chi connectivity index (χ3n) is 8.77. The molecule has 0 unspecified atom stereocenters. The second-order valence-corrected chi connectivity index (χ2v) is 17.9. The van der Waals surface area contributed by atoms with Crippen molar-refractivity contribution in [3.63, 3.8) is 0 Å². The maximum atomic E-state index is 6.39. The third kappa shape index (κ3) is 5.71. The zero-order chi connectivity index (χ0) is 29.9. The van der Waals surface area contributed by atoms with Gasteiger partial charge in [-0.05, 0) is 88.0 Å². The monoisotopic (exact) mass is 576 g/mol. The molecule has 0 spiro atoms. The minimum atomic E-state index is -1.90. The number of ether oxygens (including phenoxy) is 2. The van der Waals surface area contributed by atoms with Crippen LogP contribution in [-0.2, 0) is 6.61 Å². The Morgan fingerprint density at radius 1 is 0.690 bits per heavy atom. The molecule has 4 nitrogen and oxygen atoms in total. The van der Waals surface area contributed by atoms with Crippen molar-refractivity contribution in [1.29, 1.82) is 0 Å². The maximum Gasteiger partial charge on any atom is 0.169 e. The molecule has 0 aliphatic carbocycles. The summed E-state index contributed by atoms with van der Waals surface area (Å²) < 4.78 is 14.4. The topological polar surface area (TPSA) is 35.4 Å². The van der Waals surface area contributed by atoms with Gasteiger partial charge in [-0.15, -0.1) is 0 Å². The van der Waals surface area contributed by atoms with E-state index in [4.69, 9.17) is 9.47 Å². The van der Waals surface area contributed by atoms with Gasteiger partial charge in [0.15, 0.2) is 8.24 Å². The fourth-order valence-electron chi connectivity index (χ4n) is 7.08. The van der Waals surface area contributed by atoms with Crippen LogP contribution in [0.15, 0.2) is 103 Å². The number of para-hydroxylation sites is 1. The van der Waals surface area contributed by atoms with Gasteiger partial charge >= 0.3 is 0 Å². The van der Waals surface area contributed by atoms with Crippen molar-refractivity contribution in [2.45, 2.75) is 64.8 Å². The molecule has 1 heterocycles. The highest BCUT2D eigenvalue weighted by Gasteiger charge is 2.45. The smallest absolute Gasteiger partial charge is 0.169 e. The van der Waals surface area contributed by atoms with Gasteiger partial charge < -0.3 is 19.0 Å². The molecule has 0 bridgehead atoms. The molecule has 0 saturated carbocycles. The molecule has 5 rings (SSSR count). The fraction of sp³-hybridized carbons (Fsp3) is 0.297. The summed E-state index contributed by atoms with van der Waals surface area (Å²) in [5.74, 6) is 1.67. The Morgan fingerprint density at radius 2 is 1.38 bits per heavy atom. The zero-order valence-electron chi connectivity index (χ0n) is 26.0. The predicted molar refractivity (Wildman–Crippen MR) is 181 cm³/mol. The standard InChI is InChI=1S/C37H44N2O2Si/c1-26(2)42(27(3)4,28(5)6)39-21-20-36-35(14-11-15-37(36)39)30-22-32(38-31-12-9-8-10-13-31)24-34(23-30)41-25-29-16-18-33(40-7)19-17-29/h8-24,26-28,38H,25H2,1-7H3. The van der Waals surface area contributed by atoms with Gasteiger partial charge in [-0.25, -0.2) is 0 Å². The zero-order valence-corrected chi connectivity index (χ0v) is 27.0. The Balaban J connectivity index is 1.59. The Morgan fingerprint density at radius 3 is 2.02 bits per heavy atom. The average Bonchev–Trinajstić information content (AvgIpc) is 3.41. The van der Waals surface area contributed by atoms with Gasteiger partial charge in [0.1, 0.15) is 18.1 Å². The SMILES string of the molecule is COc1ccc(COc2cc(Nc3ccccc3)cc(-c3cccc4c3ccn4[Si](C(C)C)(C(C)C)C(C)C)c2)cc1. The Hall–Kier alpha value is -3.96. The molecular formula is C37H44N2O2Si. The average molecular weight is 577 g/mol. The van der Waals surface area contributed by atoms with Crippen molar-refractivity contribution in [2.24, 2.45) is 0 Å². The van der Waals surface area contributed by atoms with Crippen LogP contribution in [-0.4, -0.2) is 19.6 Å². The van der Waals surface area contributed by atoms with E-state index in [2.05, 4.69) is 112 Å². The number of rotatable bonds is 11. The summed E-state index contributed by atoms with van der Waals surface area (Å²) in [5, 5.41) is 4.88. The number of methoxy groups -OCH3 is 1.